The Balaban J connectivity index is 2.02. The van der Waals surface area contributed by atoms with Crippen LogP contribution in [-0.2, 0) is 9.59 Å². The Kier molecular flexibility index (Phi) is 6.15. The van der Waals surface area contributed by atoms with Crippen LogP contribution in [0, 0.1) is 10.1 Å². The number of hydrogen-bond donors (Lipinski definition) is 1. The molecule has 0 unspecified atom stereocenters. The van der Waals surface area contributed by atoms with Crippen molar-refractivity contribution in [3.63, 3.8) is 0 Å². The Morgan fingerprint density at radius 3 is 2.40 bits per heavy atom. The molecule has 0 atom stereocenters. The standard InChI is InChI=1S/C22H23N3O5/c1-4-12-30-18-7-5-6-16(13-18)23-20-19(21(26)24(14(2)3)22(20)27)15-8-10-17(11-9-15)25(28)29/h5-11,13-14,23H,4,12H2,1-3H3. The van der Waals surface area contributed by atoms with Crippen molar-refractivity contribution in [1.82, 2.24) is 4.90 Å². The van der Waals surface area contributed by atoms with Gasteiger partial charge in [-0.15, -0.1) is 0 Å². The van der Waals surface area contributed by atoms with Crippen molar-refractivity contribution in [2.75, 3.05) is 11.9 Å². The third-order valence-electron chi connectivity index (χ3n) is 4.57. The number of ether oxygens (including phenoxy) is 1. The average molecular weight is 409 g/mol. The molecule has 156 valence electrons. The molecule has 1 N–H and O–H groups in total. The second-order valence-electron chi connectivity index (χ2n) is 7.13. The molecule has 8 nitrogen and oxygen atoms in total. The van der Waals surface area contributed by atoms with Crippen LogP contribution >= 0.6 is 0 Å². The molecule has 0 aliphatic carbocycles. The summed E-state index contributed by atoms with van der Waals surface area (Å²) in [5.41, 5.74) is 1.26. The lowest BCUT2D eigenvalue weighted by Gasteiger charge is -2.19. The van der Waals surface area contributed by atoms with Crippen molar-refractivity contribution in [2.24, 2.45) is 0 Å². The molecule has 0 aromatic heterocycles. The van der Waals surface area contributed by atoms with Gasteiger partial charge in [-0.2, -0.15) is 0 Å². The molecule has 0 radical (unpaired) electrons. The molecule has 0 bridgehead atoms. The summed E-state index contributed by atoms with van der Waals surface area (Å²) in [7, 11) is 0. The number of nitro benzene ring substituents is 1. The maximum absolute atomic E-state index is 13.0. The van der Waals surface area contributed by atoms with E-state index < -0.39 is 16.7 Å². The molecule has 2 aromatic rings. The first kappa shape index (κ1) is 21.0. The maximum Gasteiger partial charge on any atom is 0.278 e. The van der Waals surface area contributed by atoms with Gasteiger partial charge in [0.2, 0.25) is 0 Å². The highest BCUT2D eigenvalue weighted by Gasteiger charge is 2.40. The number of benzene rings is 2. The van der Waals surface area contributed by atoms with Crippen LogP contribution in [0.3, 0.4) is 0 Å². The lowest BCUT2D eigenvalue weighted by Crippen LogP contribution is -2.38. The SMILES string of the molecule is CCCOc1cccc(NC2=C(c3ccc([N+](=O)[O-])cc3)C(=O)N(C(C)C)C2=O)c1. The molecular weight excluding hydrogens is 386 g/mol. The van der Waals surface area contributed by atoms with Crippen LogP contribution in [0.2, 0.25) is 0 Å². The molecule has 3 rings (SSSR count). The summed E-state index contributed by atoms with van der Waals surface area (Å²) >= 11 is 0. The topological polar surface area (TPSA) is 102 Å². The predicted molar refractivity (Wildman–Crippen MR) is 113 cm³/mol. The number of carbonyl (C=O) groups is 2. The Bertz CT molecular complexity index is 1010. The summed E-state index contributed by atoms with van der Waals surface area (Å²) in [6.45, 7) is 6.09. The van der Waals surface area contributed by atoms with Crippen LogP contribution in [0.25, 0.3) is 5.57 Å². The number of non-ortho nitro benzene ring substituents is 1. The fourth-order valence-corrected chi connectivity index (χ4v) is 3.18. The monoisotopic (exact) mass is 409 g/mol. The molecule has 1 heterocycles. The van der Waals surface area contributed by atoms with Gasteiger partial charge in [0, 0.05) is 29.9 Å². The van der Waals surface area contributed by atoms with Crippen molar-refractivity contribution in [2.45, 2.75) is 33.2 Å². The van der Waals surface area contributed by atoms with Gasteiger partial charge in [-0.1, -0.05) is 13.0 Å². The van der Waals surface area contributed by atoms with Crippen LogP contribution in [0.15, 0.2) is 54.2 Å². The highest BCUT2D eigenvalue weighted by Crippen LogP contribution is 2.33. The van der Waals surface area contributed by atoms with Gasteiger partial charge in [0.1, 0.15) is 11.4 Å². The van der Waals surface area contributed by atoms with Crippen molar-refractivity contribution in [1.29, 1.82) is 0 Å². The first-order valence-electron chi connectivity index (χ1n) is 9.70. The Morgan fingerprint density at radius 2 is 1.80 bits per heavy atom. The molecule has 1 aliphatic heterocycles. The first-order chi connectivity index (χ1) is 14.3. The van der Waals surface area contributed by atoms with Crippen molar-refractivity contribution in [3.8, 4) is 5.75 Å². The Morgan fingerprint density at radius 1 is 1.10 bits per heavy atom. The van der Waals surface area contributed by atoms with E-state index >= 15 is 0 Å². The number of hydrogen-bond acceptors (Lipinski definition) is 6. The molecule has 30 heavy (non-hydrogen) atoms. The van der Waals surface area contributed by atoms with E-state index in [2.05, 4.69) is 5.32 Å². The van der Waals surface area contributed by atoms with Gasteiger partial charge in [0.15, 0.2) is 0 Å². The fraction of sp³-hybridized carbons (Fsp3) is 0.273. The van der Waals surface area contributed by atoms with Gasteiger partial charge in [0.25, 0.3) is 17.5 Å². The lowest BCUT2D eigenvalue weighted by atomic mass is 10.0. The summed E-state index contributed by atoms with van der Waals surface area (Å²) in [5, 5.41) is 14.0. The fourth-order valence-electron chi connectivity index (χ4n) is 3.18. The Labute approximate surface area is 174 Å². The van der Waals surface area contributed by atoms with E-state index in [1.165, 1.54) is 29.2 Å². The molecule has 1 aliphatic rings. The van der Waals surface area contributed by atoms with Gasteiger partial charge < -0.3 is 10.1 Å². The number of nitrogens with zero attached hydrogens (tertiary/aromatic N) is 2. The molecule has 8 heteroatoms. The lowest BCUT2D eigenvalue weighted by molar-refractivity contribution is -0.384. The van der Waals surface area contributed by atoms with E-state index in [1.54, 1.807) is 32.0 Å². The van der Waals surface area contributed by atoms with Crippen LogP contribution < -0.4 is 10.1 Å². The van der Waals surface area contributed by atoms with Gasteiger partial charge in [-0.3, -0.25) is 24.6 Å². The number of imide groups is 1. The van der Waals surface area contributed by atoms with E-state index in [9.17, 15) is 19.7 Å². The molecular formula is C22H23N3O5. The number of amides is 2. The zero-order valence-corrected chi connectivity index (χ0v) is 17.0. The van der Waals surface area contributed by atoms with Crippen LogP contribution in [0.5, 0.6) is 5.75 Å². The zero-order chi connectivity index (χ0) is 21.8. The van der Waals surface area contributed by atoms with Crippen molar-refractivity contribution in [3.05, 3.63) is 69.9 Å². The van der Waals surface area contributed by atoms with E-state index in [4.69, 9.17) is 4.74 Å². The minimum absolute atomic E-state index is 0.0906. The van der Waals surface area contributed by atoms with Crippen LogP contribution in [0.1, 0.15) is 32.8 Å². The molecule has 2 aromatic carbocycles. The quantitative estimate of drug-likeness (QED) is 0.402. The second kappa shape index (κ2) is 8.77. The molecule has 2 amide bonds. The third-order valence-corrected chi connectivity index (χ3v) is 4.57. The van der Waals surface area contributed by atoms with Gasteiger partial charge in [-0.25, -0.2) is 0 Å². The van der Waals surface area contributed by atoms with E-state index in [0.29, 0.717) is 23.6 Å². The van der Waals surface area contributed by atoms with E-state index in [1.807, 2.05) is 13.0 Å². The Hall–Kier alpha value is -3.68. The summed E-state index contributed by atoms with van der Waals surface area (Å²) in [5.74, 6) is -0.232. The second-order valence-corrected chi connectivity index (χ2v) is 7.13. The van der Waals surface area contributed by atoms with Gasteiger partial charge in [-0.05, 0) is 50.1 Å². The third kappa shape index (κ3) is 4.17. The maximum atomic E-state index is 13.0. The highest BCUT2D eigenvalue weighted by atomic mass is 16.6. The van der Waals surface area contributed by atoms with E-state index in [0.717, 1.165) is 6.42 Å². The molecule has 0 saturated heterocycles. The highest BCUT2D eigenvalue weighted by molar-refractivity contribution is 6.36. The minimum Gasteiger partial charge on any atom is -0.494 e. The number of anilines is 1. The number of nitrogens with one attached hydrogen (secondary N) is 1. The van der Waals surface area contributed by atoms with Gasteiger partial charge in [0.05, 0.1) is 17.1 Å². The molecule has 0 spiro atoms. The molecule has 0 saturated carbocycles. The van der Waals surface area contributed by atoms with E-state index in [-0.39, 0.29) is 23.0 Å². The number of rotatable bonds is 8. The molecule has 0 fully saturated rings. The smallest absolute Gasteiger partial charge is 0.278 e. The van der Waals surface area contributed by atoms with Crippen molar-refractivity contribution >= 4 is 28.8 Å². The number of nitro groups is 1. The van der Waals surface area contributed by atoms with Crippen LogP contribution in [0.4, 0.5) is 11.4 Å². The van der Waals surface area contributed by atoms with Crippen LogP contribution in [-0.4, -0.2) is 34.3 Å². The first-order valence-corrected chi connectivity index (χ1v) is 9.70. The average Bonchev–Trinajstić information content (AvgIpc) is 2.96. The minimum atomic E-state index is -0.513. The summed E-state index contributed by atoms with van der Waals surface area (Å²) in [6, 6.07) is 12.4. The largest absolute Gasteiger partial charge is 0.494 e. The summed E-state index contributed by atoms with van der Waals surface area (Å²) < 4.78 is 5.63. The predicted octanol–water partition coefficient (Wildman–Crippen LogP) is 3.98. The summed E-state index contributed by atoms with van der Waals surface area (Å²) in [4.78, 5) is 37.7. The number of carbonyl (C=O) groups excluding carboxylic acids is 2. The van der Waals surface area contributed by atoms with Crippen molar-refractivity contribution < 1.29 is 19.2 Å². The zero-order valence-electron chi connectivity index (χ0n) is 17.0. The van der Waals surface area contributed by atoms with Gasteiger partial charge >= 0.3 is 0 Å². The summed E-state index contributed by atoms with van der Waals surface area (Å²) in [6.07, 6.45) is 0.865. The normalized spacial score (nSPS) is 13.9.